The van der Waals surface area contributed by atoms with Crippen molar-refractivity contribution in [3.8, 4) is 28.5 Å². The van der Waals surface area contributed by atoms with Gasteiger partial charge in [-0.15, -0.1) is 0 Å². The summed E-state index contributed by atoms with van der Waals surface area (Å²) in [5.41, 5.74) is 2.18. The maximum atomic E-state index is 15.4. The van der Waals surface area contributed by atoms with E-state index in [0.717, 1.165) is 18.3 Å². The van der Waals surface area contributed by atoms with Crippen LogP contribution in [0.25, 0.3) is 33.8 Å². The van der Waals surface area contributed by atoms with Crippen LogP contribution in [0.4, 0.5) is 13.2 Å². The van der Waals surface area contributed by atoms with Gasteiger partial charge in [0.25, 0.3) is 11.8 Å². The summed E-state index contributed by atoms with van der Waals surface area (Å²) in [7, 11) is 0. The Bertz CT molecular complexity index is 1730. The Morgan fingerprint density at radius 1 is 1.14 bits per heavy atom. The number of aliphatic hydroxyl groups is 1. The summed E-state index contributed by atoms with van der Waals surface area (Å²) >= 11 is 0. The van der Waals surface area contributed by atoms with Crippen molar-refractivity contribution in [2.24, 2.45) is 0 Å². The lowest BCUT2D eigenvalue weighted by molar-refractivity contribution is -0.0584. The number of pyridine rings is 1. The lowest BCUT2D eigenvalue weighted by Crippen LogP contribution is -2.45. The summed E-state index contributed by atoms with van der Waals surface area (Å²) < 4.78 is 51.9. The second-order valence-electron chi connectivity index (χ2n) is 10.1. The number of amides is 1. The van der Waals surface area contributed by atoms with Crippen LogP contribution < -0.4 is 10.1 Å². The number of nitrogens with zero attached hydrogens (tertiary/aromatic N) is 5. The number of H-pyrrole nitrogens is 1. The van der Waals surface area contributed by atoms with Crippen molar-refractivity contribution in [2.75, 3.05) is 13.2 Å². The summed E-state index contributed by atoms with van der Waals surface area (Å²) in [5, 5.41) is 18.7. The third-order valence-electron chi connectivity index (χ3n) is 7.15. The molecule has 42 heavy (non-hydrogen) atoms. The van der Waals surface area contributed by atoms with Crippen molar-refractivity contribution in [1.29, 1.82) is 0 Å². The average molecular weight is 578 g/mol. The fourth-order valence-corrected chi connectivity index (χ4v) is 5.46. The van der Waals surface area contributed by atoms with E-state index in [1.165, 1.54) is 6.33 Å². The number of rotatable bonds is 8. The van der Waals surface area contributed by atoms with E-state index in [-0.39, 0.29) is 25.3 Å². The van der Waals surface area contributed by atoms with Crippen molar-refractivity contribution < 1.29 is 27.8 Å². The number of ether oxygens (including phenoxy) is 1. The molecule has 3 aromatic heterocycles. The molecule has 2 atom stereocenters. The fourth-order valence-electron chi connectivity index (χ4n) is 5.46. The summed E-state index contributed by atoms with van der Waals surface area (Å²) in [6, 6.07) is 12.8. The van der Waals surface area contributed by atoms with E-state index in [9.17, 15) is 14.3 Å². The Balaban J connectivity index is 1.45. The maximum Gasteiger partial charge on any atom is 0.270 e. The Morgan fingerprint density at radius 3 is 2.79 bits per heavy atom. The molecule has 2 aromatic carbocycles. The van der Waals surface area contributed by atoms with Crippen LogP contribution in [0.2, 0.25) is 0 Å². The number of imidazole rings is 1. The molecular formula is C29H26F3N7O3. The highest BCUT2D eigenvalue weighted by atomic mass is 19.3. The quantitative estimate of drug-likeness (QED) is 0.247. The second-order valence-corrected chi connectivity index (χ2v) is 10.1. The van der Waals surface area contributed by atoms with Crippen LogP contribution in [-0.4, -0.2) is 65.9 Å². The predicted molar refractivity (Wildman–Crippen MR) is 146 cm³/mol. The van der Waals surface area contributed by atoms with Crippen LogP contribution in [0.3, 0.4) is 0 Å². The van der Waals surface area contributed by atoms with Gasteiger partial charge in [0.2, 0.25) is 0 Å². The molecule has 0 aliphatic heterocycles. The first-order valence-electron chi connectivity index (χ1n) is 13.3. The van der Waals surface area contributed by atoms with Gasteiger partial charge in [0, 0.05) is 42.8 Å². The van der Waals surface area contributed by atoms with E-state index in [1.807, 2.05) is 6.07 Å². The number of para-hydroxylation sites is 1. The second kappa shape index (κ2) is 11.2. The van der Waals surface area contributed by atoms with Crippen molar-refractivity contribution in [3.05, 3.63) is 78.6 Å². The first-order valence-corrected chi connectivity index (χ1v) is 13.3. The zero-order valence-corrected chi connectivity index (χ0v) is 22.2. The third-order valence-corrected chi connectivity index (χ3v) is 7.15. The molecule has 216 valence electrons. The predicted octanol–water partition coefficient (Wildman–Crippen LogP) is 4.55. The van der Waals surface area contributed by atoms with Crippen molar-refractivity contribution >= 4 is 16.9 Å². The van der Waals surface area contributed by atoms with Gasteiger partial charge >= 0.3 is 0 Å². The molecule has 0 spiro atoms. The van der Waals surface area contributed by atoms with Gasteiger partial charge < -0.3 is 19.7 Å². The van der Waals surface area contributed by atoms with Crippen molar-refractivity contribution in [2.45, 2.75) is 37.3 Å². The number of aromatic amines is 1. The minimum absolute atomic E-state index is 0.0383. The van der Waals surface area contributed by atoms with Gasteiger partial charge in [-0.25, -0.2) is 23.1 Å². The summed E-state index contributed by atoms with van der Waals surface area (Å²) in [6.07, 6.45) is 1.60. The number of nitrogens with one attached hydrogen (secondary N) is 2. The molecule has 5 aromatic rings. The zero-order chi connectivity index (χ0) is 29.3. The highest BCUT2D eigenvalue weighted by Gasteiger charge is 2.43. The van der Waals surface area contributed by atoms with E-state index in [0.29, 0.717) is 39.6 Å². The Labute approximate surface area is 237 Å². The number of carbonyl (C=O) groups excluding carboxylic acids is 1. The van der Waals surface area contributed by atoms with Crippen LogP contribution in [-0.2, 0) is 0 Å². The lowest BCUT2D eigenvalue weighted by Gasteiger charge is -2.36. The van der Waals surface area contributed by atoms with Gasteiger partial charge in [-0.05, 0) is 42.8 Å². The summed E-state index contributed by atoms with van der Waals surface area (Å²) in [4.78, 5) is 25.7. The summed E-state index contributed by atoms with van der Waals surface area (Å²) in [5.74, 6) is -3.18. The average Bonchev–Trinajstić information content (AvgIpc) is 3.63. The molecule has 10 nitrogen and oxygen atoms in total. The van der Waals surface area contributed by atoms with Gasteiger partial charge in [0.15, 0.2) is 5.82 Å². The Hall–Kier alpha value is -4.78. The highest BCUT2D eigenvalue weighted by Crippen LogP contribution is 2.44. The van der Waals surface area contributed by atoms with Gasteiger partial charge in [0.05, 0.1) is 23.2 Å². The molecule has 0 bridgehead atoms. The van der Waals surface area contributed by atoms with E-state index in [1.54, 1.807) is 41.0 Å². The van der Waals surface area contributed by atoms with Crippen LogP contribution in [0.15, 0.2) is 67.1 Å². The number of aliphatic hydroxyl groups excluding tert-OH is 1. The van der Waals surface area contributed by atoms with E-state index in [2.05, 4.69) is 25.5 Å². The van der Waals surface area contributed by atoms with E-state index >= 15 is 8.78 Å². The number of aromatic nitrogens is 6. The number of benzene rings is 2. The minimum Gasteiger partial charge on any atom is -0.490 e. The number of carbonyl (C=O) groups is 1. The van der Waals surface area contributed by atoms with E-state index in [4.69, 9.17) is 9.72 Å². The van der Waals surface area contributed by atoms with Crippen LogP contribution in [0.1, 0.15) is 35.8 Å². The number of hydrogen-bond donors (Lipinski definition) is 3. The minimum atomic E-state index is -3.13. The molecule has 1 amide bonds. The molecule has 0 unspecified atom stereocenters. The van der Waals surface area contributed by atoms with Crippen molar-refractivity contribution in [3.63, 3.8) is 0 Å². The molecule has 13 heteroatoms. The number of hydrogen-bond acceptors (Lipinski definition) is 7. The van der Waals surface area contributed by atoms with Crippen LogP contribution in [0.5, 0.6) is 5.75 Å². The van der Waals surface area contributed by atoms with Gasteiger partial charge in [-0.3, -0.25) is 14.9 Å². The molecular weight excluding hydrogens is 551 g/mol. The van der Waals surface area contributed by atoms with Gasteiger partial charge in [-0.1, -0.05) is 12.1 Å². The van der Waals surface area contributed by atoms with Gasteiger partial charge in [-0.2, -0.15) is 5.10 Å². The zero-order valence-electron chi connectivity index (χ0n) is 22.2. The molecule has 1 saturated carbocycles. The summed E-state index contributed by atoms with van der Waals surface area (Å²) in [6.45, 7) is -0.168. The molecule has 0 saturated heterocycles. The van der Waals surface area contributed by atoms with E-state index < -0.39 is 42.6 Å². The molecule has 3 heterocycles. The SMILES string of the molecule is O=C(N[C@H]1C[C@@H](n2c(-c3ccccc3OCCO)nc3ccc(-c4ncn[nH]4)cc32)CC(F)(F)C1)c1cc(F)ccn1. The largest absolute Gasteiger partial charge is 0.490 e. The van der Waals surface area contributed by atoms with Crippen LogP contribution >= 0.6 is 0 Å². The topological polar surface area (TPSA) is 131 Å². The normalized spacial score (nSPS) is 18.2. The maximum absolute atomic E-state index is 15.4. The third kappa shape index (κ3) is 5.55. The van der Waals surface area contributed by atoms with Gasteiger partial charge in [0.1, 0.15) is 36.0 Å². The lowest BCUT2D eigenvalue weighted by atomic mass is 9.87. The van der Waals surface area contributed by atoms with Crippen LogP contribution in [0, 0.1) is 5.82 Å². The highest BCUT2D eigenvalue weighted by molar-refractivity contribution is 5.92. The molecule has 6 rings (SSSR count). The monoisotopic (exact) mass is 577 g/mol. The fraction of sp³-hybridized carbons (Fsp3) is 0.276. The smallest absolute Gasteiger partial charge is 0.270 e. The molecule has 0 radical (unpaired) electrons. The molecule has 1 aliphatic rings. The Morgan fingerprint density at radius 2 is 2.00 bits per heavy atom. The van der Waals surface area contributed by atoms with Crippen molar-refractivity contribution in [1.82, 2.24) is 35.0 Å². The number of halogens is 3. The number of fused-ring (bicyclic) bond motifs is 1. The molecule has 1 aliphatic carbocycles. The Kier molecular flexibility index (Phi) is 7.33. The first kappa shape index (κ1) is 27.4. The molecule has 1 fully saturated rings. The first-order chi connectivity index (χ1) is 20.3. The molecule has 3 N–H and O–H groups in total. The standard InChI is InChI=1S/C29H26F3N7O3/c30-18-7-8-33-23(12-18)28(41)36-19-13-20(15-29(31,32)14-19)39-24-11-17(26-34-16-35-38-26)5-6-22(24)37-27(39)21-3-1-2-4-25(21)42-10-9-40/h1-8,11-12,16,19-20,40H,9-10,13-15H2,(H,36,41)(H,34,35,38)/t19-,20+/m0/s1. The number of alkyl halides is 2.